The Balaban J connectivity index is 1.44. The van der Waals surface area contributed by atoms with Crippen molar-refractivity contribution in [1.82, 2.24) is 15.1 Å². The summed E-state index contributed by atoms with van der Waals surface area (Å²) in [6.45, 7) is 1.53. The van der Waals surface area contributed by atoms with Crippen LogP contribution in [0.4, 0.5) is 9.93 Å². The van der Waals surface area contributed by atoms with E-state index in [1.54, 1.807) is 17.0 Å². The predicted molar refractivity (Wildman–Crippen MR) is 112 cm³/mol. The molecule has 1 aliphatic heterocycles. The first-order chi connectivity index (χ1) is 14.2. The Morgan fingerprint density at radius 2 is 2.00 bits per heavy atom. The number of aromatic nitrogens is 2. The number of ether oxygens (including phenoxy) is 1. The lowest BCUT2D eigenvalue weighted by atomic mass is 9.90. The molecule has 1 aromatic heterocycles. The molecule has 1 aromatic carbocycles. The molecule has 2 aromatic rings. The summed E-state index contributed by atoms with van der Waals surface area (Å²) in [6.07, 6.45) is 8.06. The highest BCUT2D eigenvalue weighted by molar-refractivity contribution is 7.15. The van der Waals surface area contributed by atoms with Crippen LogP contribution in [0.5, 0.6) is 5.75 Å². The number of hydrogen-bond acceptors (Lipinski definition) is 6. The summed E-state index contributed by atoms with van der Waals surface area (Å²) in [6, 6.07) is 6.86. The Morgan fingerprint density at radius 1 is 1.17 bits per heavy atom. The Hall–Kier alpha value is -2.19. The summed E-state index contributed by atoms with van der Waals surface area (Å²) in [7, 11) is 0. The van der Waals surface area contributed by atoms with Crippen molar-refractivity contribution >= 4 is 22.5 Å². The summed E-state index contributed by atoms with van der Waals surface area (Å²) in [5, 5.41) is 23.1. The van der Waals surface area contributed by atoms with Crippen molar-refractivity contribution in [2.75, 3.05) is 18.5 Å². The van der Waals surface area contributed by atoms with Crippen LogP contribution in [-0.4, -0.2) is 45.5 Å². The number of aromatic hydroxyl groups is 1. The molecule has 29 heavy (non-hydrogen) atoms. The third-order valence-corrected chi connectivity index (χ3v) is 6.70. The highest BCUT2D eigenvalue weighted by atomic mass is 32.1. The first-order valence-corrected chi connectivity index (χ1v) is 11.3. The van der Waals surface area contributed by atoms with Crippen LogP contribution in [0.15, 0.2) is 24.3 Å². The normalized spacial score (nSPS) is 19.9. The van der Waals surface area contributed by atoms with E-state index in [-0.39, 0.29) is 17.9 Å². The summed E-state index contributed by atoms with van der Waals surface area (Å²) in [4.78, 5) is 14.7. The molecule has 2 aliphatic rings. The maximum atomic E-state index is 13.0. The minimum atomic E-state index is -0.241. The van der Waals surface area contributed by atoms with Gasteiger partial charge in [0.2, 0.25) is 5.13 Å². The van der Waals surface area contributed by atoms with Crippen LogP contribution in [0.2, 0.25) is 0 Å². The van der Waals surface area contributed by atoms with Crippen LogP contribution in [0.25, 0.3) is 0 Å². The first-order valence-electron chi connectivity index (χ1n) is 10.5. The van der Waals surface area contributed by atoms with Crippen LogP contribution in [-0.2, 0) is 11.3 Å². The molecular weight excluding hydrogens is 388 g/mol. The zero-order valence-electron chi connectivity index (χ0n) is 16.5. The molecule has 2 N–H and O–H groups in total. The lowest BCUT2D eigenvalue weighted by molar-refractivity contribution is 0.0817. The number of hydrogen-bond donors (Lipinski definition) is 2. The van der Waals surface area contributed by atoms with E-state index in [0.717, 1.165) is 37.3 Å². The molecule has 0 bridgehead atoms. The summed E-state index contributed by atoms with van der Waals surface area (Å²) in [5.74, 6) is 0.657. The molecule has 1 unspecified atom stereocenters. The summed E-state index contributed by atoms with van der Waals surface area (Å²) >= 11 is 1.48. The molecule has 1 atom stereocenters. The van der Waals surface area contributed by atoms with E-state index in [2.05, 4.69) is 15.5 Å². The quantitative estimate of drug-likeness (QED) is 0.724. The zero-order valence-corrected chi connectivity index (χ0v) is 17.4. The third-order valence-electron chi connectivity index (χ3n) is 5.70. The van der Waals surface area contributed by atoms with Gasteiger partial charge in [-0.15, -0.1) is 10.2 Å². The fraction of sp³-hybridized carbons (Fsp3) is 0.571. The molecular formula is C21H28N4O3S. The molecule has 2 amide bonds. The van der Waals surface area contributed by atoms with Crippen molar-refractivity contribution in [3.63, 3.8) is 0 Å². The van der Waals surface area contributed by atoms with Crippen molar-refractivity contribution in [3.8, 4) is 5.75 Å². The molecule has 4 rings (SSSR count). The van der Waals surface area contributed by atoms with E-state index in [9.17, 15) is 9.90 Å². The van der Waals surface area contributed by atoms with Crippen molar-refractivity contribution in [2.24, 2.45) is 0 Å². The predicted octanol–water partition coefficient (Wildman–Crippen LogP) is 4.50. The molecule has 1 saturated carbocycles. The van der Waals surface area contributed by atoms with Crippen LogP contribution in [0, 0.1) is 0 Å². The lowest BCUT2D eigenvalue weighted by Crippen LogP contribution is -2.39. The van der Waals surface area contributed by atoms with Crippen molar-refractivity contribution in [1.29, 1.82) is 0 Å². The van der Waals surface area contributed by atoms with E-state index in [4.69, 9.17) is 4.74 Å². The van der Waals surface area contributed by atoms with Crippen LogP contribution >= 0.6 is 11.3 Å². The van der Waals surface area contributed by atoms with E-state index in [0.29, 0.717) is 29.7 Å². The fourth-order valence-corrected chi connectivity index (χ4v) is 4.98. The van der Waals surface area contributed by atoms with Gasteiger partial charge in [-0.05, 0) is 31.7 Å². The molecule has 7 nitrogen and oxygen atoms in total. The Kier molecular flexibility index (Phi) is 6.61. The van der Waals surface area contributed by atoms with E-state index < -0.39 is 0 Å². The summed E-state index contributed by atoms with van der Waals surface area (Å²) in [5.41, 5.74) is 0.709. The van der Waals surface area contributed by atoms with Crippen molar-refractivity contribution < 1.29 is 14.6 Å². The second-order valence-corrected chi connectivity index (χ2v) is 8.86. The van der Waals surface area contributed by atoms with Crippen LogP contribution < -0.4 is 5.32 Å². The average Bonchev–Trinajstić information content (AvgIpc) is 3.42. The third kappa shape index (κ3) is 5.25. The molecule has 2 fully saturated rings. The Labute approximate surface area is 175 Å². The zero-order chi connectivity index (χ0) is 20.1. The number of phenolic OH excluding ortho intramolecular Hbond substituents is 1. The fourth-order valence-electron chi connectivity index (χ4n) is 4.07. The number of para-hydroxylation sites is 1. The number of amides is 2. The van der Waals surface area contributed by atoms with Crippen LogP contribution in [0.3, 0.4) is 0 Å². The van der Waals surface area contributed by atoms with Crippen LogP contribution in [0.1, 0.15) is 61.4 Å². The monoisotopic (exact) mass is 416 g/mol. The van der Waals surface area contributed by atoms with Gasteiger partial charge in [0.15, 0.2) is 0 Å². The van der Waals surface area contributed by atoms with Crippen molar-refractivity contribution in [2.45, 2.75) is 63.5 Å². The second-order valence-electron chi connectivity index (χ2n) is 7.85. The number of benzene rings is 1. The van der Waals surface area contributed by atoms with Gasteiger partial charge in [0, 0.05) is 24.6 Å². The first kappa shape index (κ1) is 20.1. The minimum absolute atomic E-state index is 0.0267. The molecule has 0 radical (unpaired) electrons. The summed E-state index contributed by atoms with van der Waals surface area (Å²) < 4.78 is 5.73. The van der Waals surface area contributed by atoms with Gasteiger partial charge in [-0.1, -0.05) is 48.8 Å². The van der Waals surface area contributed by atoms with Crippen molar-refractivity contribution in [3.05, 3.63) is 34.8 Å². The lowest BCUT2D eigenvalue weighted by Gasteiger charge is -2.25. The van der Waals surface area contributed by atoms with Gasteiger partial charge < -0.3 is 14.7 Å². The highest BCUT2D eigenvalue weighted by Gasteiger charge is 2.25. The number of rotatable bonds is 6. The van der Waals surface area contributed by atoms with Gasteiger partial charge in [-0.25, -0.2) is 4.79 Å². The maximum Gasteiger partial charge on any atom is 0.324 e. The number of urea groups is 1. The smallest absolute Gasteiger partial charge is 0.324 e. The number of carbonyl (C=O) groups excluding carboxylic acids is 1. The van der Waals surface area contributed by atoms with E-state index in [1.807, 2.05) is 12.1 Å². The molecule has 156 valence electrons. The van der Waals surface area contributed by atoms with Gasteiger partial charge in [0.25, 0.3) is 0 Å². The topological polar surface area (TPSA) is 87.6 Å². The largest absolute Gasteiger partial charge is 0.508 e. The second kappa shape index (κ2) is 9.54. The van der Waals surface area contributed by atoms with Gasteiger partial charge in [0.1, 0.15) is 10.8 Å². The van der Waals surface area contributed by atoms with Gasteiger partial charge >= 0.3 is 6.03 Å². The Morgan fingerprint density at radius 3 is 2.76 bits per heavy atom. The minimum Gasteiger partial charge on any atom is -0.508 e. The number of nitrogens with zero attached hydrogens (tertiary/aromatic N) is 3. The van der Waals surface area contributed by atoms with Gasteiger partial charge in [0.05, 0.1) is 12.6 Å². The number of nitrogens with one attached hydrogen (secondary N) is 1. The number of phenols is 1. The number of anilines is 1. The molecule has 0 spiro atoms. The number of carbonyl (C=O) groups is 1. The molecule has 2 heterocycles. The molecule has 1 saturated heterocycles. The maximum absolute atomic E-state index is 13.0. The Bertz CT molecular complexity index is 816. The van der Waals surface area contributed by atoms with E-state index >= 15 is 0 Å². The van der Waals surface area contributed by atoms with Gasteiger partial charge in [-0.2, -0.15) is 0 Å². The van der Waals surface area contributed by atoms with Gasteiger partial charge in [-0.3, -0.25) is 5.32 Å². The average molecular weight is 417 g/mol. The highest BCUT2D eigenvalue weighted by Crippen LogP contribution is 2.35. The SMILES string of the molecule is O=C(Nc1nnc(C2CCCCC2)s1)N(Cc1ccccc1O)CC1CCCO1. The van der Waals surface area contributed by atoms with E-state index in [1.165, 1.54) is 30.6 Å². The standard InChI is InChI=1S/C21H28N4O3S/c26-18-11-5-4-9-16(18)13-25(14-17-10-6-12-28-17)21(27)22-20-24-23-19(29-20)15-7-2-1-3-8-15/h4-5,9,11,15,17,26H,1-3,6-8,10,12-14H2,(H,22,24,27). The molecule has 1 aliphatic carbocycles. The molecule has 8 heteroatoms.